The van der Waals surface area contributed by atoms with Gasteiger partial charge in [-0.15, -0.1) is 0 Å². The van der Waals surface area contributed by atoms with Crippen molar-refractivity contribution in [3.05, 3.63) is 0 Å². The molecular formula is C7H10N2. The van der Waals surface area contributed by atoms with E-state index in [1.54, 1.807) is 0 Å². The fraction of sp³-hybridized carbons (Fsp3) is 0.857. The molecule has 0 aromatic heterocycles. The Balaban J connectivity index is 2.12. The van der Waals surface area contributed by atoms with E-state index < -0.39 is 0 Å². The molecule has 0 aromatic carbocycles. The van der Waals surface area contributed by atoms with Crippen molar-refractivity contribution >= 4 is 0 Å². The van der Waals surface area contributed by atoms with Crippen molar-refractivity contribution in [3.8, 4) is 6.07 Å². The first-order chi connectivity index (χ1) is 4.40. The zero-order valence-electron chi connectivity index (χ0n) is 5.38. The van der Waals surface area contributed by atoms with Gasteiger partial charge in [0.1, 0.15) is 0 Å². The standard InChI is InChI=1S/C7H10N2/c8-3-7-5-9-2-1-6(7)4-9/h6-7H,1-2,4-5H2/t6-,7-/m1/s1. The Morgan fingerprint density at radius 1 is 1.44 bits per heavy atom. The number of rotatable bonds is 0. The van der Waals surface area contributed by atoms with Crippen LogP contribution in [0, 0.1) is 23.2 Å². The van der Waals surface area contributed by atoms with Crippen LogP contribution in [0.3, 0.4) is 0 Å². The molecule has 3 atom stereocenters. The van der Waals surface area contributed by atoms with Crippen LogP contribution < -0.4 is 0 Å². The van der Waals surface area contributed by atoms with Crippen molar-refractivity contribution in [1.29, 1.82) is 5.26 Å². The van der Waals surface area contributed by atoms with Gasteiger partial charge < -0.3 is 4.90 Å². The van der Waals surface area contributed by atoms with Crippen LogP contribution in [0.15, 0.2) is 0 Å². The molecule has 2 nitrogen and oxygen atoms in total. The molecule has 0 radical (unpaired) electrons. The topological polar surface area (TPSA) is 27.0 Å². The van der Waals surface area contributed by atoms with Gasteiger partial charge in [-0.05, 0) is 18.9 Å². The summed E-state index contributed by atoms with van der Waals surface area (Å²) in [5, 5.41) is 8.61. The lowest BCUT2D eigenvalue weighted by Crippen LogP contribution is -2.22. The molecule has 2 saturated heterocycles. The van der Waals surface area contributed by atoms with E-state index in [1.807, 2.05) is 0 Å². The normalized spacial score (nSPS) is 47.2. The molecule has 0 aromatic rings. The van der Waals surface area contributed by atoms with Crippen LogP contribution >= 0.6 is 0 Å². The highest BCUT2D eigenvalue weighted by Gasteiger charge is 2.37. The van der Waals surface area contributed by atoms with Crippen LogP contribution in [-0.2, 0) is 0 Å². The molecule has 48 valence electrons. The summed E-state index contributed by atoms with van der Waals surface area (Å²) in [4.78, 5) is 2.39. The number of nitrogens with zero attached hydrogens (tertiary/aromatic N) is 2. The van der Waals surface area contributed by atoms with Gasteiger partial charge in [0.2, 0.25) is 0 Å². The Bertz CT molecular complexity index is 159. The van der Waals surface area contributed by atoms with Crippen molar-refractivity contribution < 1.29 is 0 Å². The molecule has 0 spiro atoms. The van der Waals surface area contributed by atoms with Gasteiger partial charge in [0, 0.05) is 13.1 Å². The lowest BCUT2D eigenvalue weighted by Gasteiger charge is -2.14. The lowest BCUT2D eigenvalue weighted by molar-refractivity contribution is 0.338. The van der Waals surface area contributed by atoms with Crippen LogP contribution in [0.4, 0.5) is 0 Å². The Hall–Kier alpha value is -0.550. The summed E-state index contributed by atoms with van der Waals surface area (Å²) in [6.45, 7) is 3.47. The molecule has 2 aliphatic rings. The SMILES string of the molecule is N#C[C@@H]1CN2CC[C@@H]1C2. The van der Waals surface area contributed by atoms with Gasteiger partial charge in [-0.25, -0.2) is 0 Å². The summed E-state index contributed by atoms with van der Waals surface area (Å²) < 4.78 is 0. The summed E-state index contributed by atoms with van der Waals surface area (Å²) in [7, 11) is 0. The maximum atomic E-state index is 8.61. The Labute approximate surface area is 55.1 Å². The quantitative estimate of drug-likeness (QED) is 0.466. The molecule has 2 heteroatoms. The summed E-state index contributed by atoms with van der Waals surface area (Å²) in [5.74, 6) is 1.08. The van der Waals surface area contributed by atoms with Crippen LogP contribution in [0.1, 0.15) is 6.42 Å². The number of hydrogen-bond donors (Lipinski definition) is 0. The summed E-state index contributed by atoms with van der Waals surface area (Å²) in [6.07, 6.45) is 1.26. The van der Waals surface area contributed by atoms with Crippen LogP contribution in [0.5, 0.6) is 0 Å². The van der Waals surface area contributed by atoms with Crippen molar-refractivity contribution in [2.75, 3.05) is 19.6 Å². The second-order valence-electron chi connectivity index (χ2n) is 3.04. The van der Waals surface area contributed by atoms with Gasteiger partial charge in [-0.1, -0.05) is 0 Å². The zero-order chi connectivity index (χ0) is 6.27. The molecular weight excluding hydrogens is 112 g/mol. The third-order valence-corrected chi connectivity index (χ3v) is 2.50. The second kappa shape index (κ2) is 1.71. The van der Waals surface area contributed by atoms with E-state index in [-0.39, 0.29) is 0 Å². The van der Waals surface area contributed by atoms with Crippen LogP contribution in [-0.4, -0.2) is 24.5 Å². The molecule has 2 rings (SSSR count). The fourth-order valence-corrected chi connectivity index (χ4v) is 1.93. The Morgan fingerprint density at radius 2 is 2.33 bits per heavy atom. The summed E-state index contributed by atoms with van der Waals surface area (Å²) in [6, 6.07) is 2.35. The minimum absolute atomic E-state index is 0.360. The summed E-state index contributed by atoms with van der Waals surface area (Å²) in [5.41, 5.74) is 0. The van der Waals surface area contributed by atoms with E-state index in [0.717, 1.165) is 12.5 Å². The molecule has 0 N–H and O–H groups in total. The average Bonchev–Trinajstić information content (AvgIpc) is 2.45. The number of hydrogen-bond acceptors (Lipinski definition) is 2. The van der Waals surface area contributed by atoms with Gasteiger partial charge >= 0.3 is 0 Å². The number of fused-ring (bicyclic) bond motifs is 2. The van der Waals surface area contributed by atoms with Crippen molar-refractivity contribution in [2.24, 2.45) is 11.8 Å². The average molecular weight is 122 g/mol. The molecule has 2 heterocycles. The molecule has 2 fully saturated rings. The van der Waals surface area contributed by atoms with Gasteiger partial charge in [-0.2, -0.15) is 5.26 Å². The number of piperidine rings is 1. The summed E-state index contributed by atoms with van der Waals surface area (Å²) >= 11 is 0. The van der Waals surface area contributed by atoms with Crippen molar-refractivity contribution in [2.45, 2.75) is 6.42 Å². The predicted molar refractivity (Wildman–Crippen MR) is 33.6 cm³/mol. The molecule has 1 unspecified atom stereocenters. The maximum Gasteiger partial charge on any atom is 0.0672 e. The van der Waals surface area contributed by atoms with E-state index in [0.29, 0.717) is 5.92 Å². The fourth-order valence-electron chi connectivity index (χ4n) is 1.93. The third-order valence-electron chi connectivity index (χ3n) is 2.50. The molecule has 2 aliphatic heterocycles. The second-order valence-corrected chi connectivity index (χ2v) is 3.04. The molecule has 0 amide bonds. The Kier molecular flexibility index (Phi) is 1.000. The van der Waals surface area contributed by atoms with Gasteiger partial charge in [0.15, 0.2) is 0 Å². The maximum absolute atomic E-state index is 8.61. The van der Waals surface area contributed by atoms with Gasteiger partial charge in [0.25, 0.3) is 0 Å². The predicted octanol–water partition coefficient (Wildman–Crippen LogP) is 0.462. The first kappa shape index (κ1) is 5.25. The monoisotopic (exact) mass is 122 g/mol. The first-order valence-electron chi connectivity index (χ1n) is 3.52. The highest BCUT2D eigenvalue weighted by atomic mass is 15.2. The van der Waals surface area contributed by atoms with Gasteiger partial charge in [0.05, 0.1) is 12.0 Å². The molecule has 0 aliphatic carbocycles. The van der Waals surface area contributed by atoms with E-state index in [9.17, 15) is 0 Å². The third kappa shape index (κ3) is 0.650. The highest BCUT2D eigenvalue weighted by molar-refractivity contribution is 5.00. The smallest absolute Gasteiger partial charge is 0.0672 e. The lowest BCUT2D eigenvalue weighted by atomic mass is 9.94. The Morgan fingerprint density at radius 3 is 2.67 bits per heavy atom. The minimum atomic E-state index is 0.360. The van der Waals surface area contributed by atoms with Gasteiger partial charge in [-0.3, -0.25) is 0 Å². The van der Waals surface area contributed by atoms with E-state index >= 15 is 0 Å². The first-order valence-corrected chi connectivity index (χ1v) is 3.52. The zero-order valence-corrected chi connectivity index (χ0v) is 5.38. The van der Waals surface area contributed by atoms with Crippen LogP contribution in [0.25, 0.3) is 0 Å². The molecule has 2 bridgehead atoms. The van der Waals surface area contributed by atoms with Crippen molar-refractivity contribution in [1.82, 2.24) is 4.90 Å². The molecule has 0 saturated carbocycles. The van der Waals surface area contributed by atoms with E-state index in [4.69, 9.17) is 5.26 Å². The highest BCUT2D eigenvalue weighted by Crippen LogP contribution is 2.31. The van der Waals surface area contributed by atoms with E-state index in [1.165, 1.54) is 19.5 Å². The molecule has 9 heavy (non-hydrogen) atoms. The largest absolute Gasteiger partial charge is 0.302 e. The minimum Gasteiger partial charge on any atom is -0.302 e. The number of nitriles is 1. The van der Waals surface area contributed by atoms with Crippen LogP contribution in [0.2, 0.25) is 0 Å². The van der Waals surface area contributed by atoms with Crippen molar-refractivity contribution in [3.63, 3.8) is 0 Å². The van der Waals surface area contributed by atoms with E-state index in [2.05, 4.69) is 11.0 Å².